The van der Waals surface area contributed by atoms with E-state index in [0.717, 1.165) is 82.5 Å². The van der Waals surface area contributed by atoms with E-state index in [1.807, 2.05) is 116 Å². The monoisotopic (exact) mass is 1160 g/mol. The molecule has 19 nitrogen and oxygen atoms in total. The van der Waals surface area contributed by atoms with E-state index in [-0.39, 0.29) is 73.4 Å². The highest BCUT2D eigenvalue weighted by Gasteiger charge is 2.35. The summed E-state index contributed by atoms with van der Waals surface area (Å²) in [6.07, 6.45) is 11.7. The van der Waals surface area contributed by atoms with Crippen LogP contribution in [0.2, 0.25) is 0 Å². The summed E-state index contributed by atoms with van der Waals surface area (Å²) < 4.78 is 30.8. The first-order valence-electron chi connectivity index (χ1n) is 27.1. The lowest BCUT2D eigenvalue weighted by Gasteiger charge is -2.23. The number of imidazole rings is 2. The van der Waals surface area contributed by atoms with Gasteiger partial charge in [-0.15, -0.1) is 0 Å². The minimum absolute atomic E-state index is 0. The molecule has 2 aromatic carbocycles. The van der Waals surface area contributed by atoms with Crippen LogP contribution in [0.15, 0.2) is 73.3 Å². The van der Waals surface area contributed by atoms with Crippen LogP contribution in [0.1, 0.15) is 131 Å². The Morgan fingerprint density at radius 2 is 1.16 bits per heavy atom. The maximum absolute atomic E-state index is 13.5. The highest BCUT2D eigenvalue weighted by Crippen LogP contribution is 2.36. The number of carbonyl (C=O) groups is 6. The largest absolute Gasteiger partial charge is 1.00 e. The second-order valence-electron chi connectivity index (χ2n) is 22.1. The molecule has 0 radical (unpaired) electrons. The van der Waals surface area contributed by atoms with Crippen LogP contribution < -0.4 is 17.0 Å². The molecule has 2 unspecified atom stereocenters. The fourth-order valence-electron chi connectivity index (χ4n) is 9.89. The minimum atomic E-state index is -0.517. The van der Waals surface area contributed by atoms with Crippen LogP contribution >= 0.6 is 11.6 Å². The number of ether oxygens (including phenoxy) is 4. The Bertz CT molecular complexity index is 3170. The van der Waals surface area contributed by atoms with E-state index in [1.54, 1.807) is 26.4 Å². The number of ketones is 2. The number of nitrogens with zero attached hydrogens (tertiary/aromatic N) is 9. The van der Waals surface area contributed by atoms with Crippen LogP contribution in [0, 0.1) is 37.0 Å². The number of aryl methyl sites for hydroxylation is 3. The van der Waals surface area contributed by atoms with Crippen LogP contribution in [0.3, 0.4) is 0 Å². The minimum Gasteiger partial charge on any atom is -1.00 e. The SMILES string of the molecule is CC#N.CN(CCCC(=O)OC(C)(C)C)C(=O)OCCl.Cc1n(CC2CCc3c(c4ccccc4n3C)C2=O)cc[n+]1COC(=O)N(C)CCCC(=O)OC(C)(C)C.Cc1nccn1CC1CCc2c(c3ccccc3n2C)C1=O.[Cl-]. The number of aromatic nitrogens is 6. The van der Waals surface area contributed by atoms with Crippen molar-refractivity contribution in [3.63, 3.8) is 0 Å². The van der Waals surface area contributed by atoms with Crippen molar-refractivity contribution in [1.29, 1.82) is 5.26 Å². The number of esters is 2. The lowest BCUT2D eigenvalue weighted by atomic mass is 9.85. The van der Waals surface area contributed by atoms with Gasteiger partial charge in [-0.2, -0.15) is 9.83 Å². The normalized spacial score (nSPS) is 14.5. The fraction of sp³-hybridized carbons (Fsp3) is 0.517. The van der Waals surface area contributed by atoms with Gasteiger partial charge in [0.2, 0.25) is 6.73 Å². The van der Waals surface area contributed by atoms with Gasteiger partial charge in [-0.05, 0) is 99.1 Å². The molecular formula is C60H81Cl2N9O10. The summed E-state index contributed by atoms with van der Waals surface area (Å²) in [5, 5.41) is 9.44. The Kier molecular flexibility index (Phi) is 24.6. The molecule has 0 N–H and O–H groups in total. The molecule has 0 saturated carbocycles. The average molecular weight is 1160 g/mol. The molecule has 21 heteroatoms. The van der Waals surface area contributed by atoms with Crippen LogP contribution in [0.5, 0.6) is 0 Å². The van der Waals surface area contributed by atoms with Gasteiger partial charge in [-0.3, -0.25) is 19.2 Å². The molecule has 0 spiro atoms. The van der Waals surface area contributed by atoms with Crippen LogP contribution in [0.25, 0.3) is 21.8 Å². The standard InChI is InChI=1S/C29H39N4O5.C18H19N3O.C11H20ClNO4.C2H3N.ClH/c1-20-32(18-21-13-14-24-26(27(21)35)22-10-7-8-11-23(22)31(24)6)16-17-33(20)19-37-28(36)30(5)15-9-12-25(34)38-29(2,3)4;1-12-19-9-10-21(12)11-13-7-8-16-17(18(13)22)14-5-3-4-6-15(14)20(16)2;1-11(2,3)17-9(14)6-5-7-13(4)10(15)16-8-12;1-2-3;/h7-8,10-11,16-17,21H,9,12-15,18-19H2,1-6H3;3-6,9-10,13H,7-8,11H2,1-2H3;5-8H2,1-4H3;1H3;1H/q+1;;;;/p-1. The summed E-state index contributed by atoms with van der Waals surface area (Å²) in [7, 11) is 7.34. The van der Waals surface area contributed by atoms with E-state index >= 15 is 0 Å². The van der Waals surface area contributed by atoms with Crippen molar-refractivity contribution >= 4 is 69.1 Å². The average Bonchev–Trinajstić information content (AvgIpc) is 4.28. The lowest BCUT2D eigenvalue weighted by molar-refractivity contribution is -0.732. The molecule has 0 bridgehead atoms. The van der Waals surface area contributed by atoms with Gasteiger partial charge in [0, 0.05) is 137 Å². The molecule has 2 atom stereocenters. The molecule has 440 valence electrons. The van der Waals surface area contributed by atoms with Gasteiger partial charge in [-0.25, -0.2) is 19.1 Å². The van der Waals surface area contributed by atoms with Crippen molar-refractivity contribution in [2.45, 2.75) is 145 Å². The number of hydrogen-bond donors (Lipinski definition) is 0. The molecule has 4 heterocycles. The quantitative estimate of drug-likeness (QED) is 0.0433. The molecule has 0 fully saturated rings. The Hall–Kier alpha value is -7.17. The Labute approximate surface area is 487 Å². The molecule has 0 aliphatic heterocycles. The Morgan fingerprint density at radius 1 is 0.728 bits per heavy atom. The van der Waals surface area contributed by atoms with Gasteiger partial charge in [0.1, 0.15) is 36.0 Å². The second kappa shape index (κ2) is 30.0. The zero-order valence-corrected chi connectivity index (χ0v) is 50.9. The van der Waals surface area contributed by atoms with E-state index < -0.39 is 23.4 Å². The molecular weight excluding hydrogens is 1080 g/mol. The van der Waals surface area contributed by atoms with E-state index in [9.17, 15) is 28.8 Å². The molecule has 2 aliphatic rings. The molecule has 2 amide bonds. The van der Waals surface area contributed by atoms with Crippen molar-refractivity contribution in [1.82, 2.24) is 33.1 Å². The van der Waals surface area contributed by atoms with E-state index in [4.69, 9.17) is 31.1 Å². The second-order valence-corrected chi connectivity index (χ2v) is 22.3. The van der Waals surface area contributed by atoms with Crippen LogP contribution in [-0.4, -0.2) is 113 Å². The third kappa shape index (κ3) is 18.2. The van der Waals surface area contributed by atoms with Gasteiger partial charge in [-0.1, -0.05) is 48.0 Å². The smallest absolute Gasteiger partial charge is 0.412 e. The number of fused-ring (bicyclic) bond motifs is 6. The Morgan fingerprint density at radius 3 is 1.58 bits per heavy atom. The zero-order chi connectivity index (χ0) is 59.1. The first kappa shape index (κ1) is 66.3. The maximum atomic E-state index is 13.5. The third-order valence-corrected chi connectivity index (χ3v) is 14.0. The molecule has 8 rings (SSSR count). The topological polar surface area (TPSA) is 206 Å². The van der Waals surface area contributed by atoms with Crippen molar-refractivity contribution in [3.8, 4) is 6.07 Å². The number of para-hydroxylation sites is 2. The van der Waals surface area contributed by atoms with E-state index in [1.165, 1.54) is 22.4 Å². The summed E-state index contributed by atoms with van der Waals surface area (Å²) in [5.74, 6) is 1.75. The van der Waals surface area contributed by atoms with Crippen molar-refractivity contribution in [2.24, 2.45) is 25.9 Å². The molecule has 6 aromatic rings. The third-order valence-electron chi connectivity index (χ3n) is 13.9. The summed E-state index contributed by atoms with van der Waals surface area (Å²) in [5.41, 5.74) is 5.36. The number of amides is 2. The first-order chi connectivity index (χ1) is 37.8. The number of hydrogen-bond acceptors (Lipinski definition) is 12. The van der Waals surface area contributed by atoms with E-state index in [2.05, 4.69) is 53.2 Å². The number of carbonyl (C=O) groups excluding carboxylic acids is 6. The number of alkyl halides is 1. The van der Waals surface area contributed by atoms with Gasteiger partial charge in [0.15, 0.2) is 17.6 Å². The predicted octanol–water partition coefficient (Wildman–Crippen LogP) is 7.20. The number of rotatable bonds is 15. The lowest BCUT2D eigenvalue weighted by Crippen LogP contribution is -3.00. The number of benzene rings is 2. The Balaban J connectivity index is 0.000000278. The summed E-state index contributed by atoms with van der Waals surface area (Å²) in [6.45, 7) is 18.5. The summed E-state index contributed by atoms with van der Waals surface area (Å²) in [4.78, 5) is 80.4. The molecule has 0 saturated heterocycles. The molecule has 4 aromatic heterocycles. The maximum Gasteiger partial charge on any atom is 0.412 e. The van der Waals surface area contributed by atoms with E-state index in [0.29, 0.717) is 32.5 Å². The van der Waals surface area contributed by atoms with Crippen molar-refractivity contribution in [2.75, 3.05) is 33.3 Å². The fourth-order valence-corrected chi connectivity index (χ4v) is 9.98. The molecule has 2 aliphatic carbocycles. The first-order valence-corrected chi connectivity index (χ1v) is 27.6. The number of Topliss-reactive ketones (excluding diaryl/α,β-unsaturated/α-hetero) is 2. The summed E-state index contributed by atoms with van der Waals surface area (Å²) in [6, 6.07) is 17.9. The number of nitriles is 1. The van der Waals surface area contributed by atoms with Crippen LogP contribution in [0.4, 0.5) is 9.59 Å². The molecule has 81 heavy (non-hydrogen) atoms. The van der Waals surface area contributed by atoms with Gasteiger partial charge in [0.05, 0.1) is 12.0 Å². The van der Waals surface area contributed by atoms with Crippen molar-refractivity contribution < 1.29 is 64.7 Å². The van der Waals surface area contributed by atoms with Crippen molar-refractivity contribution in [3.05, 3.63) is 107 Å². The summed E-state index contributed by atoms with van der Waals surface area (Å²) >= 11 is 5.25. The van der Waals surface area contributed by atoms with Crippen LogP contribution in [-0.2, 0) is 75.3 Å². The predicted molar refractivity (Wildman–Crippen MR) is 305 cm³/mol. The number of halogens is 2. The van der Waals surface area contributed by atoms with Gasteiger partial charge >= 0.3 is 24.1 Å². The van der Waals surface area contributed by atoms with Gasteiger partial charge in [0.25, 0.3) is 5.82 Å². The van der Waals surface area contributed by atoms with Gasteiger partial charge < -0.3 is 54.9 Å². The highest BCUT2D eigenvalue weighted by molar-refractivity contribution is 6.17. The zero-order valence-electron chi connectivity index (χ0n) is 49.3. The highest BCUT2D eigenvalue weighted by atomic mass is 35.5.